The second kappa shape index (κ2) is 5.63. The van der Waals surface area contributed by atoms with Crippen LogP contribution in [0.3, 0.4) is 0 Å². The third-order valence-electron chi connectivity index (χ3n) is 4.20. The molecule has 24 heavy (non-hydrogen) atoms. The summed E-state index contributed by atoms with van der Waals surface area (Å²) in [4.78, 5) is 12.0. The van der Waals surface area contributed by atoms with Gasteiger partial charge in [-0.05, 0) is 42.3 Å². The normalized spacial score (nSPS) is 19.5. The third kappa shape index (κ3) is 2.96. The zero-order valence-electron chi connectivity index (χ0n) is 13.1. The summed E-state index contributed by atoms with van der Waals surface area (Å²) in [5.74, 6) is -0.428. The van der Waals surface area contributed by atoms with Crippen molar-refractivity contribution in [1.29, 1.82) is 0 Å². The minimum atomic E-state index is -4.57. The van der Waals surface area contributed by atoms with Gasteiger partial charge in [0, 0.05) is 11.6 Å². The van der Waals surface area contributed by atoms with E-state index in [4.69, 9.17) is 11.6 Å². The lowest BCUT2D eigenvalue weighted by Gasteiger charge is -2.30. The number of halogens is 4. The first kappa shape index (κ1) is 17.0. The molecule has 1 atom stereocenters. The van der Waals surface area contributed by atoms with Gasteiger partial charge >= 0.3 is 6.18 Å². The van der Waals surface area contributed by atoms with Crippen LogP contribution in [0.4, 0.5) is 13.2 Å². The Bertz CT molecular complexity index is 804. The van der Waals surface area contributed by atoms with E-state index in [9.17, 15) is 18.0 Å². The summed E-state index contributed by atoms with van der Waals surface area (Å²) in [5.41, 5.74) is 1.50. The number of carbonyl (C=O) groups excluding carboxylic acids is 1. The molecule has 1 heterocycles. The van der Waals surface area contributed by atoms with Crippen molar-refractivity contribution in [2.24, 2.45) is 5.41 Å². The average molecular weight is 357 g/mol. The van der Waals surface area contributed by atoms with E-state index < -0.39 is 23.5 Å². The van der Waals surface area contributed by atoms with Gasteiger partial charge < -0.3 is 0 Å². The van der Waals surface area contributed by atoms with Gasteiger partial charge in [-0.3, -0.25) is 10.2 Å². The molecule has 1 unspecified atom stereocenters. The SMILES string of the molecule is CC1(C)CN(C(c2cc(Cl)cc3ccccc23)C(F)(F)F)NC1=O. The Morgan fingerprint density at radius 1 is 1.25 bits per heavy atom. The van der Waals surface area contributed by atoms with Crippen molar-refractivity contribution in [1.82, 2.24) is 10.4 Å². The van der Waals surface area contributed by atoms with Crippen LogP contribution in [0.2, 0.25) is 5.02 Å². The maximum atomic E-state index is 13.9. The van der Waals surface area contributed by atoms with Crippen LogP contribution in [0.15, 0.2) is 36.4 Å². The summed E-state index contributed by atoms with van der Waals surface area (Å²) in [6, 6.07) is 7.74. The number of benzene rings is 2. The molecule has 0 radical (unpaired) electrons. The minimum Gasteiger partial charge on any atom is -0.287 e. The van der Waals surface area contributed by atoms with E-state index in [1.807, 2.05) is 0 Å². The maximum absolute atomic E-state index is 13.9. The van der Waals surface area contributed by atoms with Crippen molar-refractivity contribution in [2.45, 2.75) is 26.1 Å². The van der Waals surface area contributed by atoms with Crippen molar-refractivity contribution in [3.63, 3.8) is 0 Å². The molecule has 1 aliphatic heterocycles. The Balaban J connectivity index is 2.17. The zero-order chi connectivity index (χ0) is 17.7. The molecular weight excluding hydrogens is 341 g/mol. The first-order chi connectivity index (χ1) is 11.1. The molecule has 0 aliphatic carbocycles. The highest BCUT2D eigenvalue weighted by molar-refractivity contribution is 6.31. The van der Waals surface area contributed by atoms with Crippen LogP contribution in [0, 0.1) is 5.41 Å². The molecule has 7 heteroatoms. The van der Waals surface area contributed by atoms with Crippen LogP contribution >= 0.6 is 11.6 Å². The molecule has 3 nitrogen and oxygen atoms in total. The van der Waals surface area contributed by atoms with Gasteiger partial charge in [-0.2, -0.15) is 13.2 Å². The van der Waals surface area contributed by atoms with Crippen LogP contribution in [0.5, 0.6) is 0 Å². The number of nitrogens with one attached hydrogen (secondary N) is 1. The van der Waals surface area contributed by atoms with E-state index in [0.717, 1.165) is 5.01 Å². The number of rotatable bonds is 2. The number of amides is 1. The van der Waals surface area contributed by atoms with Gasteiger partial charge in [0.15, 0.2) is 6.04 Å². The fourth-order valence-corrected chi connectivity index (χ4v) is 3.26. The summed E-state index contributed by atoms with van der Waals surface area (Å²) in [6.45, 7) is 3.19. The molecule has 0 spiro atoms. The molecule has 2 aromatic rings. The van der Waals surface area contributed by atoms with Crippen LogP contribution in [-0.2, 0) is 4.79 Å². The predicted molar refractivity (Wildman–Crippen MR) is 86.4 cm³/mol. The van der Waals surface area contributed by atoms with Crippen molar-refractivity contribution in [2.75, 3.05) is 6.54 Å². The van der Waals surface area contributed by atoms with Crippen molar-refractivity contribution in [3.05, 3.63) is 47.0 Å². The number of fused-ring (bicyclic) bond motifs is 1. The summed E-state index contributed by atoms with van der Waals surface area (Å²) in [6.07, 6.45) is -4.57. The van der Waals surface area contributed by atoms with E-state index in [1.165, 1.54) is 6.07 Å². The second-order valence-electron chi connectivity index (χ2n) is 6.61. The highest BCUT2D eigenvalue weighted by atomic mass is 35.5. The summed E-state index contributed by atoms with van der Waals surface area (Å²) in [7, 11) is 0. The monoisotopic (exact) mass is 356 g/mol. The minimum absolute atomic E-state index is 0.0311. The summed E-state index contributed by atoms with van der Waals surface area (Å²) >= 11 is 6.04. The Morgan fingerprint density at radius 2 is 1.92 bits per heavy atom. The summed E-state index contributed by atoms with van der Waals surface area (Å²) < 4.78 is 41.6. The van der Waals surface area contributed by atoms with E-state index in [1.54, 1.807) is 44.2 Å². The van der Waals surface area contributed by atoms with Gasteiger partial charge in [0.25, 0.3) is 0 Å². The Morgan fingerprint density at radius 3 is 2.50 bits per heavy atom. The fourth-order valence-electron chi connectivity index (χ4n) is 3.02. The molecule has 2 aromatic carbocycles. The lowest BCUT2D eigenvalue weighted by Crippen LogP contribution is -2.43. The lowest BCUT2D eigenvalue weighted by molar-refractivity contribution is -0.191. The summed E-state index contributed by atoms with van der Waals surface area (Å²) in [5, 5.41) is 2.27. The van der Waals surface area contributed by atoms with Gasteiger partial charge in [-0.15, -0.1) is 0 Å². The number of hydrogen-bond acceptors (Lipinski definition) is 2. The fraction of sp³-hybridized carbons (Fsp3) is 0.353. The van der Waals surface area contributed by atoms with Crippen LogP contribution < -0.4 is 5.43 Å². The Labute approximate surface area is 142 Å². The van der Waals surface area contributed by atoms with Gasteiger partial charge in [0.1, 0.15) is 0 Å². The highest BCUT2D eigenvalue weighted by Gasteiger charge is 2.51. The maximum Gasteiger partial charge on any atom is 0.409 e. The van der Waals surface area contributed by atoms with Crippen LogP contribution in [-0.4, -0.2) is 23.6 Å². The van der Waals surface area contributed by atoms with Gasteiger partial charge in [-0.25, -0.2) is 5.01 Å². The molecule has 0 aromatic heterocycles. The molecule has 1 N–H and O–H groups in total. The first-order valence-electron chi connectivity index (χ1n) is 7.42. The van der Waals surface area contributed by atoms with Crippen LogP contribution in [0.25, 0.3) is 10.8 Å². The number of nitrogens with zero attached hydrogens (tertiary/aromatic N) is 1. The molecule has 1 aliphatic rings. The lowest BCUT2D eigenvalue weighted by atomic mass is 9.93. The molecule has 0 bridgehead atoms. The molecule has 1 saturated heterocycles. The first-order valence-corrected chi connectivity index (χ1v) is 7.80. The largest absolute Gasteiger partial charge is 0.409 e. The molecule has 128 valence electrons. The number of alkyl halides is 3. The Hall–Kier alpha value is -1.79. The average Bonchev–Trinajstić information content (AvgIpc) is 2.70. The highest BCUT2D eigenvalue weighted by Crippen LogP contribution is 2.43. The van der Waals surface area contributed by atoms with Crippen molar-refractivity contribution < 1.29 is 18.0 Å². The van der Waals surface area contributed by atoms with Gasteiger partial charge in [0.05, 0.1) is 5.41 Å². The second-order valence-corrected chi connectivity index (χ2v) is 7.05. The standard InChI is InChI=1S/C17H16ClF3N2O/c1-16(2)9-23(22-15(16)24)14(17(19,20)21)13-8-11(18)7-10-5-3-4-6-12(10)13/h3-8,14H,9H2,1-2H3,(H,22,24). The topological polar surface area (TPSA) is 32.3 Å². The quantitative estimate of drug-likeness (QED) is 0.861. The van der Waals surface area contributed by atoms with Crippen molar-refractivity contribution >= 4 is 28.3 Å². The number of carbonyl (C=O) groups is 1. The van der Waals surface area contributed by atoms with E-state index in [0.29, 0.717) is 10.8 Å². The van der Waals surface area contributed by atoms with Gasteiger partial charge in [0.2, 0.25) is 5.91 Å². The zero-order valence-corrected chi connectivity index (χ0v) is 13.9. The molecule has 1 fully saturated rings. The van der Waals surface area contributed by atoms with E-state index in [2.05, 4.69) is 5.43 Å². The molecule has 3 rings (SSSR count). The van der Waals surface area contributed by atoms with Crippen LogP contribution in [0.1, 0.15) is 25.5 Å². The van der Waals surface area contributed by atoms with Gasteiger partial charge in [-0.1, -0.05) is 35.9 Å². The molecule has 0 saturated carbocycles. The number of hydrogen-bond donors (Lipinski definition) is 1. The Kier molecular flexibility index (Phi) is 4.00. The molecular formula is C17H16ClF3N2O. The number of hydrazine groups is 1. The van der Waals surface area contributed by atoms with E-state index in [-0.39, 0.29) is 17.1 Å². The van der Waals surface area contributed by atoms with E-state index >= 15 is 0 Å². The third-order valence-corrected chi connectivity index (χ3v) is 4.42. The predicted octanol–water partition coefficient (Wildman–Crippen LogP) is 4.47. The van der Waals surface area contributed by atoms with Crippen molar-refractivity contribution in [3.8, 4) is 0 Å². The smallest absolute Gasteiger partial charge is 0.287 e. The molecule has 1 amide bonds.